The van der Waals surface area contributed by atoms with Gasteiger partial charge in [-0.3, -0.25) is 0 Å². The predicted molar refractivity (Wildman–Crippen MR) is 61.9 cm³/mol. The van der Waals surface area contributed by atoms with E-state index in [1.54, 1.807) is 13.1 Å². The van der Waals surface area contributed by atoms with Crippen molar-refractivity contribution in [1.82, 2.24) is 4.98 Å². The summed E-state index contributed by atoms with van der Waals surface area (Å²) in [5.74, 6) is -1.83. The molecule has 2 rings (SSSR count). The number of nitrogens with one attached hydrogen (secondary N) is 1. The summed E-state index contributed by atoms with van der Waals surface area (Å²) in [6.07, 6.45) is 0. The Morgan fingerprint density at radius 1 is 1.35 bits per heavy atom. The maximum Gasteiger partial charge on any atom is 0.185 e. The SMILES string of the molecule is CNc1cc(COC)nc2c(F)c(F)ccc12. The van der Waals surface area contributed by atoms with Gasteiger partial charge in [-0.15, -0.1) is 0 Å². The number of benzene rings is 1. The molecule has 5 heteroatoms. The Kier molecular flexibility index (Phi) is 3.19. The molecule has 17 heavy (non-hydrogen) atoms. The van der Waals surface area contributed by atoms with Crippen molar-refractivity contribution in [3.8, 4) is 0 Å². The smallest absolute Gasteiger partial charge is 0.185 e. The highest BCUT2D eigenvalue weighted by Crippen LogP contribution is 2.26. The van der Waals surface area contributed by atoms with Crippen LogP contribution >= 0.6 is 0 Å². The molecule has 1 aromatic carbocycles. The highest BCUT2D eigenvalue weighted by molar-refractivity contribution is 5.91. The van der Waals surface area contributed by atoms with E-state index in [2.05, 4.69) is 10.3 Å². The fraction of sp³-hybridized carbons (Fsp3) is 0.250. The van der Waals surface area contributed by atoms with Gasteiger partial charge in [-0.1, -0.05) is 0 Å². The van der Waals surface area contributed by atoms with E-state index >= 15 is 0 Å². The Balaban J connectivity index is 2.73. The van der Waals surface area contributed by atoms with Crippen LogP contribution in [-0.2, 0) is 11.3 Å². The summed E-state index contributed by atoms with van der Waals surface area (Å²) in [4.78, 5) is 4.05. The van der Waals surface area contributed by atoms with Gasteiger partial charge in [-0.25, -0.2) is 13.8 Å². The van der Waals surface area contributed by atoms with Crippen LogP contribution in [0.25, 0.3) is 10.9 Å². The van der Waals surface area contributed by atoms with Gasteiger partial charge in [0.15, 0.2) is 11.6 Å². The normalized spacial score (nSPS) is 10.8. The number of pyridine rings is 1. The number of rotatable bonds is 3. The number of hydrogen-bond donors (Lipinski definition) is 1. The average molecular weight is 238 g/mol. The first-order chi connectivity index (χ1) is 8.17. The van der Waals surface area contributed by atoms with Crippen molar-refractivity contribution in [1.29, 1.82) is 0 Å². The molecular weight excluding hydrogens is 226 g/mol. The molecular formula is C12H12F2N2O. The third-order valence-electron chi connectivity index (χ3n) is 2.49. The molecule has 0 bridgehead atoms. The van der Waals surface area contributed by atoms with Crippen LogP contribution in [0.2, 0.25) is 0 Å². The number of fused-ring (bicyclic) bond motifs is 1. The molecule has 0 saturated carbocycles. The molecule has 0 amide bonds. The van der Waals surface area contributed by atoms with E-state index in [4.69, 9.17) is 4.74 Å². The molecule has 0 atom stereocenters. The maximum absolute atomic E-state index is 13.6. The van der Waals surface area contributed by atoms with Gasteiger partial charge in [0.25, 0.3) is 0 Å². The van der Waals surface area contributed by atoms with Crippen LogP contribution in [0.4, 0.5) is 14.5 Å². The minimum absolute atomic E-state index is 0.0175. The molecule has 0 aliphatic carbocycles. The Labute approximate surface area is 97.4 Å². The number of halogens is 2. The Morgan fingerprint density at radius 3 is 2.76 bits per heavy atom. The second kappa shape index (κ2) is 4.63. The Hall–Kier alpha value is -1.75. The van der Waals surface area contributed by atoms with Crippen LogP contribution < -0.4 is 5.32 Å². The zero-order chi connectivity index (χ0) is 12.4. The predicted octanol–water partition coefficient (Wildman–Crippen LogP) is 2.70. The second-order valence-electron chi connectivity index (χ2n) is 3.60. The number of aromatic nitrogens is 1. The van der Waals surface area contributed by atoms with Gasteiger partial charge in [-0.2, -0.15) is 0 Å². The largest absolute Gasteiger partial charge is 0.388 e. The average Bonchev–Trinajstić information content (AvgIpc) is 2.34. The summed E-state index contributed by atoms with van der Waals surface area (Å²) in [6, 6.07) is 4.35. The van der Waals surface area contributed by atoms with Crippen LogP contribution in [0.1, 0.15) is 5.69 Å². The van der Waals surface area contributed by atoms with E-state index in [0.29, 0.717) is 16.8 Å². The fourth-order valence-corrected chi connectivity index (χ4v) is 1.72. The van der Waals surface area contributed by atoms with Crippen LogP contribution in [-0.4, -0.2) is 19.1 Å². The van der Waals surface area contributed by atoms with E-state index in [-0.39, 0.29) is 12.1 Å². The summed E-state index contributed by atoms with van der Waals surface area (Å²) in [5, 5.41) is 3.48. The van der Waals surface area contributed by atoms with Gasteiger partial charge in [-0.05, 0) is 18.2 Å². The first-order valence-electron chi connectivity index (χ1n) is 5.11. The number of hydrogen-bond acceptors (Lipinski definition) is 3. The zero-order valence-electron chi connectivity index (χ0n) is 9.55. The molecule has 90 valence electrons. The van der Waals surface area contributed by atoms with Gasteiger partial charge in [0.05, 0.1) is 12.3 Å². The minimum atomic E-state index is -0.933. The van der Waals surface area contributed by atoms with Crippen molar-refractivity contribution in [2.45, 2.75) is 6.61 Å². The maximum atomic E-state index is 13.6. The Bertz CT molecular complexity index is 558. The van der Waals surface area contributed by atoms with Crippen LogP contribution in [0.3, 0.4) is 0 Å². The summed E-state index contributed by atoms with van der Waals surface area (Å²) >= 11 is 0. The molecule has 0 fully saturated rings. The summed E-state index contributed by atoms with van der Waals surface area (Å²) in [6.45, 7) is 0.251. The van der Waals surface area contributed by atoms with Gasteiger partial charge >= 0.3 is 0 Å². The monoisotopic (exact) mass is 238 g/mol. The molecule has 1 aromatic heterocycles. The van der Waals surface area contributed by atoms with Crippen molar-refractivity contribution < 1.29 is 13.5 Å². The molecule has 3 nitrogen and oxygen atoms in total. The fourth-order valence-electron chi connectivity index (χ4n) is 1.72. The molecule has 2 aromatic rings. The van der Waals surface area contributed by atoms with Crippen LogP contribution in [0.5, 0.6) is 0 Å². The van der Waals surface area contributed by atoms with E-state index in [9.17, 15) is 8.78 Å². The van der Waals surface area contributed by atoms with Crippen molar-refractivity contribution in [3.63, 3.8) is 0 Å². The summed E-state index contributed by atoms with van der Waals surface area (Å²) in [7, 11) is 3.24. The first-order valence-corrected chi connectivity index (χ1v) is 5.11. The number of nitrogens with zero attached hydrogens (tertiary/aromatic N) is 1. The van der Waals surface area contributed by atoms with E-state index in [1.807, 2.05) is 0 Å². The van der Waals surface area contributed by atoms with Gasteiger partial charge < -0.3 is 10.1 Å². The third-order valence-corrected chi connectivity index (χ3v) is 2.49. The van der Waals surface area contributed by atoms with Crippen molar-refractivity contribution in [2.75, 3.05) is 19.5 Å². The highest BCUT2D eigenvalue weighted by atomic mass is 19.2. The van der Waals surface area contributed by atoms with Gasteiger partial charge in [0.2, 0.25) is 0 Å². The van der Waals surface area contributed by atoms with Crippen LogP contribution in [0.15, 0.2) is 18.2 Å². The lowest BCUT2D eigenvalue weighted by Crippen LogP contribution is -2.00. The lowest BCUT2D eigenvalue weighted by atomic mass is 10.1. The van der Waals surface area contributed by atoms with E-state index in [0.717, 1.165) is 6.07 Å². The topological polar surface area (TPSA) is 34.1 Å². The third kappa shape index (κ3) is 2.06. The first kappa shape index (κ1) is 11.7. The Morgan fingerprint density at radius 2 is 2.12 bits per heavy atom. The lowest BCUT2D eigenvalue weighted by molar-refractivity contribution is 0.182. The summed E-state index contributed by atoms with van der Waals surface area (Å²) < 4.78 is 31.7. The number of ether oxygens (including phenoxy) is 1. The number of anilines is 1. The quantitative estimate of drug-likeness (QED) is 0.892. The standard InChI is InChI=1S/C12H12F2N2O/c1-15-10-5-7(6-17-2)16-12-8(10)3-4-9(13)11(12)14/h3-5H,6H2,1-2H3,(H,15,16). The lowest BCUT2D eigenvalue weighted by Gasteiger charge is -2.09. The molecule has 1 N–H and O–H groups in total. The highest BCUT2D eigenvalue weighted by Gasteiger charge is 2.12. The van der Waals surface area contributed by atoms with Crippen molar-refractivity contribution in [2.24, 2.45) is 0 Å². The van der Waals surface area contributed by atoms with E-state index < -0.39 is 11.6 Å². The van der Waals surface area contributed by atoms with Gasteiger partial charge in [0.1, 0.15) is 5.52 Å². The van der Waals surface area contributed by atoms with E-state index in [1.165, 1.54) is 13.2 Å². The minimum Gasteiger partial charge on any atom is -0.388 e. The molecule has 0 aliphatic rings. The van der Waals surface area contributed by atoms with Crippen molar-refractivity contribution >= 4 is 16.6 Å². The molecule has 0 unspecified atom stereocenters. The second-order valence-corrected chi connectivity index (χ2v) is 3.60. The van der Waals surface area contributed by atoms with Crippen molar-refractivity contribution in [3.05, 3.63) is 35.5 Å². The molecule has 1 heterocycles. The zero-order valence-corrected chi connectivity index (χ0v) is 9.55. The molecule has 0 aliphatic heterocycles. The molecule has 0 spiro atoms. The molecule has 0 saturated heterocycles. The summed E-state index contributed by atoms with van der Waals surface area (Å²) in [5.41, 5.74) is 1.26. The van der Waals surface area contributed by atoms with Crippen LogP contribution in [0, 0.1) is 11.6 Å². The molecule has 0 radical (unpaired) electrons. The van der Waals surface area contributed by atoms with Gasteiger partial charge in [0, 0.05) is 25.2 Å². The number of methoxy groups -OCH3 is 1.